The van der Waals surface area contributed by atoms with Crippen LogP contribution in [0.5, 0.6) is 0 Å². The monoisotopic (exact) mass is 264 g/mol. The quantitative estimate of drug-likeness (QED) is 0.881. The molecule has 0 amide bonds. The van der Waals surface area contributed by atoms with Gasteiger partial charge in [0.1, 0.15) is 0 Å². The first-order valence-corrected chi connectivity index (χ1v) is 7.29. The maximum Gasteiger partial charge on any atom is 0.0455 e. The van der Waals surface area contributed by atoms with Gasteiger partial charge in [0, 0.05) is 28.8 Å². The molecular formula is C15H21ClN2. The largest absolute Gasteiger partial charge is 0.365 e. The standard InChI is InChI=1S/C15H21ClN2/c1-10-14(16)4-3-5-15(10)18-12-6-7-13(18)9-11(8-12)17-2/h3-5,11-13,17H,6-9H2,1-2H3. The molecule has 2 aliphatic heterocycles. The lowest BCUT2D eigenvalue weighted by Crippen LogP contribution is -2.48. The van der Waals surface area contributed by atoms with Crippen molar-refractivity contribution in [3.05, 3.63) is 28.8 Å². The van der Waals surface area contributed by atoms with Crippen LogP contribution >= 0.6 is 11.6 Å². The SMILES string of the molecule is CNC1CC2CCC(C1)N2c1cccc(Cl)c1C. The second-order valence-corrected chi connectivity index (χ2v) is 6.04. The van der Waals surface area contributed by atoms with Gasteiger partial charge in [-0.1, -0.05) is 17.7 Å². The number of piperidine rings is 1. The van der Waals surface area contributed by atoms with Crippen molar-refractivity contribution in [2.45, 2.75) is 50.7 Å². The summed E-state index contributed by atoms with van der Waals surface area (Å²) in [5, 5.41) is 4.34. The Balaban J connectivity index is 1.92. The lowest BCUT2D eigenvalue weighted by Gasteiger charge is -2.41. The number of nitrogens with zero attached hydrogens (tertiary/aromatic N) is 1. The Hall–Kier alpha value is -0.730. The Morgan fingerprint density at radius 3 is 2.50 bits per heavy atom. The van der Waals surface area contributed by atoms with Gasteiger partial charge in [-0.2, -0.15) is 0 Å². The fourth-order valence-electron chi connectivity index (χ4n) is 3.68. The third-order valence-electron chi connectivity index (χ3n) is 4.66. The molecule has 0 radical (unpaired) electrons. The molecule has 2 heterocycles. The van der Waals surface area contributed by atoms with Crippen LogP contribution in [0.4, 0.5) is 5.69 Å². The van der Waals surface area contributed by atoms with Gasteiger partial charge in [0.05, 0.1) is 0 Å². The number of hydrogen-bond acceptors (Lipinski definition) is 2. The second kappa shape index (κ2) is 4.75. The van der Waals surface area contributed by atoms with Crippen LogP contribution in [0.2, 0.25) is 5.02 Å². The molecule has 3 rings (SSSR count). The van der Waals surface area contributed by atoms with Crippen molar-refractivity contribution in [1.29, 1.82) is 0 Å². The molecule has 2 bridgehead atoms. The van der Waals surface area contributed by atoms with Gasteiger partial charge in [0.15, 0.2) is 0 Å². The highest BCUT2D eigenvalue weighted by molar-refractivity contribution is 6.31. The topological polar surface area (TPSA) is 15.3 Å². The molecule has 0 aliphatic carbocycles. The van der Waals surface area contributed by atoms with Gasteiger partial charge in [-0.15, -0.1) is 0 Å². The van der Waals surface area contributed by atoms with Crippen LogP contribution in [0.15, 0.2) is 18.2 Å². The Kier molecular flexibility index (Phi) is 3.25. The predicted octanol–water partition coefficient (Wildman–Crippen LogP) is 3.37. The number of rotatable bonds is 2. The lowest BCUT2D eigenvalue weighted by molar-refractivity contribution is 0.373. The van der Waals surface area contributed by atoms with E-state index in [1.165, 1.54) is 36.9 Å². The van der Waals surface area contributed by atoms with Crippen molar-refractivity contribution < 1.29 is 0 Å². The van der Waals surface area contributed by atoms with Crippen LogP contribution in [-0.2, 0) is 0 Å². The van der Waals surface area contributed by atoms with Crippen LogP contribution in [0.25, 0.3) is 0 Å². The molecule has 98 valence electrons. The number of fused-ring (bicyclic) bond motifs is 2. The van der Waals surface area contributed by atoms with Crippen LogP contribution < -0.4 is 10.2 Å². The van der Waals surface area contributed by atoms with E-state index in [1.807, 2.05) is 6.07 Å². The normalized spacial score (nSPS) is 30.8. The van der Waals surface area contributed by atoms with E-state index in [1.54, 1.807) is 0 Å². The minimum Gasteiger partial charge on any atom is -0.365 e. The molecule has 2 saturated heterocycles. The highest BCUT2D eigenvalue weighted by atomic mass is 35.5. The van der Waals surface area contributed by atoms with E-state index in [-0.39, 0.29) is 0 Å². The summed E-state index contributed by atoms with van der Waals surface area (Å²) in [5.41, 5.74) is 2.59. The molecule has 0 aromatic heterocycles. The summed E-state index contributed by atoms with van der Waals surface area (Å²) < 4.78 is 0. The first kappa shape index (κ1) is 12.3. The first-order chi connectivity index (χ1) is 8.70. The van der Waals surface area contributed by atoms with Crippen molar-refractivity contribution in [3.63, 3.8) is 0 Å². The third kappa shape index (κ3) is 1.92. The van der Waals surface area contributed by atoms with Crippen LogP contribution in [0.3, 0.4) is 0 Å². The predicted molar refractivity (Wildman–Crippen MR) is 77.6 cm³/mol. The summed E-state index contributed by atoms with van der Waals surface area (Å²) in [6, 6.07) is 8.37. The summed E-state index contributed by atoms with van der Waals surface area (Å²) in [6.07, 6.45) is 5.18. The van der Waals surface area contributed by atoms with Crippen molar-refractivity contribution in [3.8, 4) is 0 Å². The van der Waals surface area contributed by atoms with Gasteiger partial charge in [0.25, 0.3) is 0 Å². The summed E-state index contributed by atoms with van der Waals surface area (Å²) in [6.45, 7) is 2.14. The lowest BCUT2D eigenvalue weighted by atomic mass is 9.96. The molecule has 1 N–H and O–H groups in total. The van der Waals surface area contributed by atoms with Gasteiger partial charge in [-0.3, -0.25) is 0 Å². The van der Waals surface area contributed by atoms with E-state index in [2.05, 4.69) is 36.3 Å². The summed E-state index contributed by atoms with van der Waals surface area (Å²) in [4.78, 5) is 2.63. The summed E-state index contributed by atoms with van der Waals surface area (Å²) in [5.74, 6) is 0. The Labute approximate surface area is 114 Å². The molecule has 2 aliphatic rings. The molecule has 0 spiro atoms. The van der Waals surface area contributed by atoms with E-state index in [0.717, 1.165) is 5.02 Å². The molecule has 3 heteroatoms. The average molecular weight is 265 g/mol. The maximum atomic E-state index is 6.27. The van der Waals surface area contributed by atoms with Crippen molar-refractivity contribution in [1.82, 2.24) is 5.32 Å². The van der Waals surface area contributed by atoms with E-state index in [9.17, 15) is 0 Å². The van der Waals surface area contributed by atoms with E-state index in [0.29, 0.717) is 18.1 Å². The van der Waals surface area contributed by atoms with Gasteiger partial charge in [-0.05, 0) is 57.4 Å². The van der Waals surface area contributed by atoms with E-state index >= 15 is 0 Å². The number of nitrogens with one attached hydrogen (secondary N) is 1. The fraction of sp³-hybridized carbons (Fsp3) is 0.600. The number of benzene rings is 1. The zero-order valence-electron chi connectivity index (χ0n) is 11.1. The molecule has 18 heavy (non-hydrogen) atoms. The van der Waals surface area contributed by atoms with E-state index in [4.69, 9.17) is 11.6 Å². The Morgan fingerprint density at radius 1 is 1.22 bits per heavy atom. The van der Waals surface area contributed by atoms with Gasteiger partial charge < -0.3 is 10.2 Å². The van der Waals surface area contributed by atoms with E-state index < -0.39 is 0 Å². The van der Waals surface area contributed by atoms with Crippen LogP contribution in [0, 0.1) is 6.92 Å². The van der Waals surface area contributed by atoms with Gasteiger partial charge in [-0.25, -0.2) is 0 Å². The van der Waals surface area contributed by atoms with Crippen molar-refractivity contribution in [2.75, 3.05) is 11.9 Å². The third-order valence-corrected chi connectivity index (χ3v) is 5.07. The minimum absolute atomic E-state index is 0.693. The Morgan fingerprint density at radius 2 is 1.89 bits per heavy atom. The first-order valence-electron chi connectivity index (χ1n) is 6.91. The van der Waals surface area contributed by atoms with Crippen LogP contribution in [-0.4, -0.2) is 25.2 Å². The molecule has 1 aromatic carbocycles. The average Bonchev–Trinajstić information content (AvgIpc) is 2.63. The molecule has 2 fully saturated rings. The van der Waals surface area contributed by atoms with Crippen LogP contribution in [0.1, 0.15) is 31.2 Å². The van der Waals surface area contributed by atoms with Gasteiger partial charge >= 0.3 is 0 Å². The zero-order chi connectivity index (χ0) is 12.7. The molecular weight excluding hydrogens is 244 g/mol. The Bertz CT molecular complexity index is 432. The molecule has 2 atom stereocenters. The fourth-order valence-corrected chi connectivity index (χ4v) is 3.85. The summed E-state index contributed by atoms with van der Waals surface area (Å²) in [7, 11) is 2.09. The second-order valence-electron chi connectivity index (χ2n) is 5.63. The number of anilines is 1. The molecule has 1 aromatic rings. The smallest absolute Gasteiger partial charge is 0.0455 e. The molecule has 2 unspecified atom stereocenters. The molecule has 0 saturated carbocycles. The zero-order valence-corrected chi connectivity index (χ0v) is 11.9. The number of hydrogen-bond donors (Lipinski definition) is 1. The highest BCUT2D eigenvalue weighted by Gasteiger charge is 2.40. The highest BCUT2D eigenvalue weighted by Crippen LogP contribution is 2.41. The van der Waals surface area contributed by atoms with Crippen molar-refractivity contribution >= 4 is 17.3 Å². The van der Waals surface area contributed by atoms with Gasteiger partial charge in [0.2, 0.25) is 0 Å². The minimum atomic E-state index is 0.693. The maximum absolute atomic E-state index is 6.27. The van der Waals surface area contributed by atoms with Crippen molar-refractivity contribution in [2.24, 2.45) is 0 Å². The summed E-state index contributed by atoms with van der Waals surface area (Å²) >= 11 is 6.27. The number of halogens is 1. The molecule has 2 nitrogen and oxygen atoms in total.